The molecule has 1 saturated heterocycles. The van der Waals surface area contributed by atoms with Crippen LogP contribution in [-0.2, 0) is 6.54 Å². The first-order valence-corrected chi connectivity index (χ1v) is 7.52. The van der Waals surface area contributed by atoms with Crippen LogP contribution in [0, 0.1) is 0 Å². The minimum Gasteiger partial charge on any atom is -0.350 e. The van der Waals surface area contributed by atoms with Crippen LogP contribution >= 0.6 is 0 Å². The van der Waals surface area contributed by atoms with Gasteiger partial charge in [-0.15, -0.1) is 0 Å². The zero-order chi connectivity index (χ0) is 14.4. The SMILES string of the molecule is CC(CNC(=O)c1cccc(CN)c1)N1CCCCC1. The maximum Gasteiger partial charge on any atom is 0.251 e. The monoisotopic (exact) mass is 275 g/mol. The van der Waals surface area contributed by atoms with Gasteiger partial charge in [-0.25, -0.2) is 0 Å². The van der Waals surface area contributed by atoms with Crippen molar-refractivity contribution >= 4 is 5.91 Å². The summed E-state index contributed by atoms with van der Waals surface area (Å²) in [5.74, 6) is -0.0100. The lowest BCUT2D eigenvalue weighted by Crippen LogP contribution is -2.44. The number of nitrogens with two attached hydrogens (primary N) is 1. The van der Waals surface area contributed by atoms with Crippen molar-refractivity contribution in [2.24, 2.45) is 5.73 Å². The van der Waals surface area contributed by atoms with E-state index in [9.17, 15) is 4.79 Å². The summed E-state index contributed by atoms with van der Waals surface area (Å²) < 4.78 is 0. The first-order valence-electron chi connectivity index (χ1n) is 7.52. The van der Waals surface area contributed by atoms with Crippen molar-refractivity contribution in [3.8, 4) is 0 Å². The van der Waals surface area contributed by atoms with Gasteiger partial charge in [-0.3, -0.25) is 9.69 Å². The quantitative estimate of drug-likeness (QED) is 0.860. The van der Waals surface area contributed by atoms with Crippen molar-refractivity contribution in [3.05, 3.63) is 35.4 Å². The van der Waals surface area contributed by atoms with Crippen LogP contribution in [0.5, 0.6) is 0 Å². The molecule has 1 unspecified atom stereocenters. The normalized spacial score (nSPS) is 17.7. The molecule has 0 bridgehead atoms. The van der Waals surface area contributed by atoms with Gasteiger partial charge in [0.15, 0.2) is 0 Å². The Balaban J connectivity index is 1.84. The van der Waals surface area contributed by atoms with Crippen LogP contribution in [0.1, 0.15) is 42.1 Å². The number of hydrogen-bond donors (Lipinski definition) is 2. The zero-order valence-electron chi connectivity index (χ0n) is 12.3. The van der Waals surface area contributed by atoms with E-state index in [0.29, 0.717) is 24.7 Å². The zero-order valence-corrected chi connectivity index (χ0v) is 12.3. The minimum atomic E-state index is -0.0100. The topological polar surface area (TPSA) is 58.4 Å². The molecule has 1 heterocycles. The molecule has 4 nitrogen and oxygen atoms in total. The molecular weight excluding hydrogens is 250 g/mol. The van der Waals surface area contributed by atoms with E-state index >= 15 is 0 Å². The van der Waals surface area contributed by atoms with E-state index in [4.69, 9.17) is 5.73 Å². The van der Waals surface area contributed by atoms with Gasteiger partial charge >= 0.3 is 0 Å². The summed E-state index contributed by atoms with van der Waals surface area (Å²) >= 11 is 0. The molecule has 0 radical (unpaired) electrons. The highest BCUT2D eigenvalue weighted by molar-refractivity contribution is 5.94. The highest BCUT2D eigenvalue weighted by Crippen LogP contribution is 2.11. The molecule has 0 saturated carbocycles. The molecular formula is C16H25N3O. The Labute approximate surface area is 121 Å². The smallest absolute Gasteiger partial charge is 0.251 e. The first-order chi connectivity index (χ1) is 9.70. The lowest BCUT2D eigenvalue weighted by atomic mass is 10.1. The van der Waals surface area contributed by atoms with E-state index < -0.39 is 0 Å². The van der Waals surface area contributed by atoms with E-state index in [1.165, 1.54) is 19.3 Å². The highest BCUT2D eigenvalue weighted by atomic mass is 16.1. The molecule has 1 aliphatic heterocycles. The number of nitrogens with one attached hydrogen (secondary N) is 1. The maximum absolute atomic E-state index is 12.1. The van der Waals surface area contributed by atoms with Gasteiger partial charge < -0.3 is 11.1 Å². The summed E-state index contributed by atoms with van der Waals surface area (Å²) in [6.45, 7) is 5.65. The Bertz CT molecular complexity index is 441. The van der Waals surface area contributed by atoms with Crippen molar-refractivity contribution in [2.45, 2.75) is 38.8 Å². The molecule has 2 rings (SSSR count). The second kappa shape index (κ2) is 7.41. The summed E-state index contributed by atoms with van der Waals surface area (Å²) in [6.07, 6.45) is 3.88. The average Bonchev–Trinajstić information content (AvgIpc) is 2.53. The molecule has 4 heteroatoms. The third-order valence-electron chi connectivity index (χ3n) is 4.00. The number of carbonyl (C=O) groups is 1. The van der Waals surface area contributed by atoms with E-state index in [-0.39, 0.29) is 5.91 Å². The third kappa shape index (κ3) is 4.05. The van der Waals surface area contributed by atoms with Crippen molar-refractivity contribution < 1.29 is 4.79 Å². The lowest BCUT2D eigenvalue weighted by molar-refractivity contribution is 0.0930. The summed E-state index contributed by atoms with van der Waals surface area (Å²) in [5.41, 5.74) is 7.28. The molecule has 3 N–H and O–H groups in total. The third-order valence-corrected chi connectivity index (χ3v) is 4.00. The minimum absolute atomic E-state index is 0.0100. The molecule has 1 amide bonds. The number of amides is 1. The molecule has 1 aromatic rings. The van der Waals surface area contributed by atoms with E-state index in [1.807, 2.05) is 24.3 Å². The number of carbonyl (C=O) groups excluding carboxylic acids is 1. The van der Waals surface area contributed by atoms with Gasteiger partial charge in [-0.1, -0.05) is 18.6 Å². The lowest BCUT2D eigenvalue weighted by Gasteiger charge is -2.32. The van der Waals surface area contributed by atoms with Crippen LogP contribution in [-0.4, -0.2) is 36.5 Å². The summed E-state index contributed by atoms with van der Waals surface area (Å²) in [4.78, 5) is 14.6. The van der Waals surface area contributed by atoms with Crippen molar-refractivity contribution in [1.82, 2.24) is 10.2 Å². The van der Waals surface area contributed by atoms with Crippen LogP contribution in [0.15, 0.2) is 24.3 Å². The predicted molar refractivity (Wildman–Crippen MR) is 81.6 cm³/mol. The van der Waals surface area contributed by atoms with Crippen LogP contribution < -0.4 is 11.1 Å². The molecule has 110 valence electrons. The Morgan fingerprint density at radius 3 is 2.80 bits per heavy atom. The van der Waals surface area contributed by atoms with Crippen molar-refractivity contribution in [1.29, 1.82) is 0 Å². The summed E-state index contributed by atoms with van der Waals surface area (Å²) in [6, 6.07) is 7.91. The second-order valence-electron chi connectivity index (χ2n) is 5.56. The molecule has 0 aliphatic carbocycles. The van der Waals surface area contributed by atoms with E-state index in [0.717, 1.165) is 18.7 Å². The van der Waals surface area contributed by atoms with Crippen LogP contribution in [0.25, 0.3) is 0 Å². The van der Waals surface area contributed by atoms with Gasteiger partial charge in [-0.2, -0.15) is 0 Å². The largest absolute Gasteiger partial charge is 0.350 e. The maximum atomic E-state index is 12.1. The number of rotatable bonds is 5. The number of nitrogens with zero attached hydrogens (tertiary/aromatic N) is 1. The van der Waals surface area contributed by atoms with Gasteiger partial charge in [0.2, 0.25) is 0 Å². The number of likely N-dealkylation sites (tertiary alicyclic amines) is 1. The molecule has 20 heavy (non-hydrogen) atoms. The number of hydrogen-bond acceptors (Lipinski definition) is 3. The van der Waals surface area contributed by atoms with Crippen molar-refractivity contribution in [2.75, 3.05) is 19.6 Å². The van der Waals surface area contributed by atoms with Gasteiger partial charge in [-0.05, 0) is 50.6 Å². The van der Waals surface area contributed by atoms with Crippen LogP contribution in [0.3, 0.4) is 0 Å². The fraction of sp³-hybridized carbons (Fsp3) is 0.562. The Hall–Kier alpha value is -1.39. The fourth-order valence-corrected chi connectivity index (χ4v) is 2.67. The Morgan fingerprint density at radius 2 is 2.10 bits per heavy atom. The highest BCUT2D eigenvalue weighted by Gasteiger charge is 2.17. The van der Waals surface area contributed by atoms with Crippen LogP contribution in [0.4, 0.5) is 0 Å². The molecule has 1 fully saturated rings. The molecule has 1 aromatic carbocycles. The molecule has 0 spiro atoms. The number of piperidine rings is 1. The Kier molecular flexibility index (Phi) is 5.56. The van der Waals surface area contributed by atoms with Crippen molar-refractivity contribution in [3.63, 3.8) is 0 Å². The molecule has 1 aliphatic rings. The predicted octanol–water partition coefficient (Wildman–Crippen LogP) is 1.75. The van der Waals surface area contributed by atoms with E-state index in [2.05, 4.69) is 17.1 Å². The summed E-state index contributed by atoms with van der Waals surface area (Å²) in [7, 11) is 0. The molecule has 1 atom stereocenters. The van der Waals surface area contributed by atoms with Gasteiger partial charge in [0.05, 0.1) is 0 Å². The second-order valence-corrected chi connectivity index (χ2v) is 5.56. The van der Waals surface area contributed by atoms with Gasteiger partial charge in [0.25, 0.3) is 5.91 Å². The van der Waals surface area contributed by atoms with Gasteiger partial charge in [0.1, 0.15) is 0 Å². The average molecular weight is 275 g/mol. The summed E-state index contributed by atoms with van der Waals surface area (Å²) in [5, 5.41) is 3.03. The number of benzene rings is 1. The first kappa shape index (κ1) is 15.0. The van der Waals surface area contributed by atoms with Crippen LogP contribution in [0.2, 0.25) is 0 Å². The molecule has 0 aromatic heterocycles. The fourth-order valence-electron chi connectivity index (χ4n) is 2.67. The van der Waals surface area contributed by atoms with Gasteiger partial charge in [0, 0.05) is 24.7 Å². The Morgan fingerprint density at radius 1 is 1.35 bits per heavy atom. The van der Waals surface area contributed by atoms with E-state index in [1.54, 1.807) is 0 Å². The standard InChI is InChI=1S/C16H25N3O/c1-13(19-8-3-2-4-9-19)12-18-16(20)15-7-5-6-14(10-15)11-17/h5-7,10,13H,2-4,8-9,11-12,17H2,1H3,(H,18,20).